The second-order valence-corrected chi connectivity index (χ2v) is 5.13. The number of carbonyl (C=O) groups is 1. The molecule has 1 saturated heterocycles. The van der Waals surface area contributed by atoms with Crippen molar-refractivity contribution in [3.63, 3.8) is 0 Å². The van der Waals surface area contributed by atoms with E-state index in [1.54, 1.807) is 17.2 Å². The van der Waals surface area contributed by atoms with Crippen LogP contribution >= 0.6 is 0 Å². The van der Waals surface area contributed by atoms with Crippen molar-refractivity contribution in [1.82, 2.24) is 4.90 Å². The summed E-state index contributed by atoms with van der Waals surface area (Å²) in [6, 6.07) is 6.90. The van der Waals surface area contributed by atoms with Crippen LogP contribution in [0.15, 0.2) is 41.0 Å². The van der Waals surface area contributed by atoms with Crippen molar-refractivity contribution in [1.29, 1.82) is 0 Å². The number of aromatic hydroxyl groups is 1. The van der Waals surface area contributed by atoms with Crippen molar-refractivity contribution in [3.8, 4) is 5.75 Å². The molecule has 7 nitrogen and oxygen atoms in total. The van der Waals surface area contributed by atoms with Gasteiger partial charge in [-0.15, -0.1) is 0 Å². The van der Waals surface area contributed by atoms with E-state index in [1.807, 2.05) is 6.07 Å². The normalized spacial score (nSPS) is 17.6. The van der Waals surface area contributed by atoms with Crippen LogP contribution in [-0.4, -0.2) is 27.4 Å². The summed E-state index contributed by atoms with van der Waals surface area (Å²) in [5.41, 5.74) is -0.192. The van der Waals surface area contributed by atoms with E-state index in [2.05, 4.69) is 0 Å². The number of rotatable bonds is 3. The quantitative estimate of drug-likeness (QED) is 0.694. The minimum Gasteiger partial charge on any atom is -0.507 e. The molecule has 2 heterocycles. The van der Waals surface area contributed by atoms with Crippen LogP contribution in [0.3, 0.4) is 0 Å². The lowest BCUT2D eigenvalue weighted by Gasteiger charge is -2.23. The molecular weight excluding hydrogens is 288 g/mol. The van der Waals surface area contributed by atoms with Gasteiger partial charge in [0.25, 0.3) is 11.6 Å². The smallest absolute Gasteiger partial charge is 0.273 e. The van der Waals surface area contributed by atoms with Crippen molar-refractivity contribution in [3.05, 3.63) is 58.0 Å². The van der Waals surface area contributed by atoms with Crippen molar-refractivity contribution in [2.24, 2.45) is 0 Å². The monoisotopic (exact) mass is 302 g/mol. The number of hydrogen-bond acceptors (Lipinski definition) is 5. The van der Waals surface area contributed by atoms with Crippen molar-refractivity contribution >= 4 is 11.6 Å². The van der Waals surface area contributed by atoms with Gasteiger partial charge in [0, 0.05) is 12.6 Å². The third-order valence-corrected chi connectivity index (χ3v) is 3.81. The Morgan fingerprint density at radius 2 is 2.23 bits per heavy atom. The molecule has 1 aromatic carbocycles. The van der Waals surface area contributed by atoms with Gasteiger partial charge in [-0.3, -0.25) is 14.9 Å². The number of hydrogen-bond donors (Lipinski definition) is 1. The highest BCUT2D eigenvalue weighted by atomic mass is 16.6. The van der Waals surface area contributed by atoms with Gasteiger partial charge in [-0.25, -0.2) is 0 Å². The maximum Gasteiger partial charge on any atom is 0.273 e. The maximum atomic E-state index is 12.6. The number of amides is 1. The minimum absolute atomic E-state index is 0.0593. The first-order valence-corrected chi connectivity index (χ1v) is 6.89. The largest absolute Gasteiger partial charge is 0.507 e. The maximum absolute atomic E-state index is 12.6. The standard InChI is InChI=1S/C15H14N2O5/c18-13-9-10(17(20)21)5-6-11(13)15(19)16-7-1-3-12(16)14-4-2-8-22-14/h2,4-6,8-9,12,18H,1,3,7H2/t12-/m1/s1. The van der Waals surface area contributed by atoms with Gasteiger partial charge in [-0.2, -0.15) is 0 Å². The van der Waals surface area contributed by atoms with Crippen molar-refractivity contribution in [2.45, 2.75) is 18.9 Å². The molecule has 7 heteroatoms. The van der Waals surface area contributed by atoms with Crippen LogP contribution < -0.4 is 0 Å². The first-order chi connectivity index (χ1) is 10.6. The van der Waals surface area contributed by atoms with Gasteiger partial charge in [-0.05, 0) is 31.0 Å². The van der Waals surface area contributed by atoms with E-state index in [0.29, 0.717) is 12.3 Å². The third kappa shape index (κ3) is 2.41. The summed E-state index contributed by atoms with van der Waals surface area (Å²) in [5, 5.41) is 20.6. The number of phenols is 1. The Labute approximate surface area is 125 Å². The predicted molar refractivity (Wildman–Crippen MR) is 76.5 cm³/mol. The van der Waals surface area contributed by atoms with E-state index in [9.17, 15) is 20.0 Å². The highest BCUT2D eigenvalue weighted by molar-refractivity contribution is 5.97. The number of likely N-dealkylation sites (tertiary alicyclic amines) is 1. The molecule has 0 saturated carbocycles. The number of nitro benzene ring substituents is 1. The number of carbonyl (C=O) groups excluding carboxylic acids is 1. The first-order valence-electron chi connectivity index (χ1n) is 6.89. The van der Waals surface area contributed by atoms with Gasteiger partial charge >= 0.3 is 0 Å². The van der Waals surface area contributed by atoms with Crippen molar-refractivity contribution < 1.29 is 19.2 Å². The molecule has 0 unspecified atom stereocenters. The van der Waals surface area contributed by atoms with E-state index in [1.165, 1.54) is 12.1 Å². The zero-order valence-electron chi connectivity index (χ0n) is 11.6. The summed E-state index contributed by atoms with van der Waals surface area (Å²) in [4.78, 5) is 24.3. The minimum atomic E-state index is -0.616. The second-order valence-electron chi connectivity index (χ2n) is 5.13. The Bertz CT molecular complexity index is 711. The summed E-state index contributed by atoms with van der Waals surface area (Å²) in [7, 11) is 0. The van der Waals surface area contributed by atoms with Gasteiger partial charge in [0.05, 0.1) is 28.9 Å². The van der Waals surface area contributed by atoms with Crippen LogP contribution in [0.25, 0.3) is 0 Å². The molecule has 0 radical (unpaired) electrons. The Morgan fingerprint density at radius 3 is 2.86 bits per heavy atom. The SMILES string of the molecule is O=C(c1ccc([N+](=O)[O-])cc1O)N1CCC[C@@H]1c1ccco1. The molecule has 1 atom stereocenters. The summed E-state index contributed by atoms with van der Waals surface area (Å²) in [6.45, 7) is 0.556. The molecule has 1 amide bonds. The molecule has 0 aliphatic carbocycles. The molecule has 3 rings (SSSR count). The summed E-state index contributed by atoms with van der Waals surface area (Å²) < 4.78 is 5.37. The van der Waals surface area contributed by atoms with Gasteiger partial charge in [0.1, 0.15) is 11.5 Å². The highest BCUT2D eigenvalue weighted by Gasteiger charge is 2.33. The fraction of sp³-hybridized carbons (Fsp3) is 0.267. The molecule has 0 spiro atoms. The molecule has 1 aromatic heterocycles. The van der Waals surface area contributed by atoms with E-state index in [4.69, 9.17) is 4.42 Å². The summed E-state index contributed by atoms with van der Waals surface area (Å²) in [6.07, 6.45) is 3.18. The van der Waals surface area contributed by atoms with Crippen molar-refractivity contribution in [2.75, 3.05) is 6.54 Å². The van der Waals surface area contributed by atoms with Crippen LogP contribution in [0.2, 0.25) is 0 Å². The molecule has 1 aliphatic rings. The van der Waals surface area contributed by atoms with E-state index in [-0.39, 0.29) is 28.9 Å². The molecular formula is C15H14N2O5. The zero-order chi connectivity index (χ0) is 15.7. The Morgan fingerprint density at radius 1 is 1.41 bits per heavy atom. The highest BCUT2D eigenvalue weighted by Crippen LogP contribution is 2.35. The second kappa shape index (κ2) is 5.51. The molecule has 1 aliphatic heterocycles. The average molecular weight is 302 g/mol. The average Bonchev–Trinajstić information content (AvgIpc) is 3.16. The van der Waals surface area contributed by atoms with Crippen LogP contribution in [0.1, 0.15) is 35.0 Å². The number of nitro groups is 1. The Hall–Kier alpha value is -2.83. The molecule has 2 aromatic rings. The number of furan rings is 1. The van der Waals surface area contributed by atoms with Crippen LogP contribution in [0, 0.1) is 10.1 Å². The molecule has 1 fully saturated rings. The van der Waals surface area contributed by atoms with Gasteiger partial charge in [0.2, 0.25) is 0 Å². The lowest BCUT2D eigenvalue weighted by atomic mass is 10.1. The van der Waals surface area contributed by atoms with E-state index >= 15 is 0 Å². The molecule has 22 heavy (non-hydrogen) atoms. The number of nitrogens with zero attached hydrogens (tertiary/aromatic N) is 2. The zero-order valence-corrected chi connectivity index (χ0v) is 11.6. The van der Waals surface area contributed by atoms with Gasteiger partial charge in [0.15, 0.2) is 0 Å². The first kappa shape index (κ1) is 14.1. The predicted octanol–water partition coefficient (Wildman–Crippen LogP) is 2.87. The fourth-order valence-electron chi connectivity index (χ4n) is 2.76. The van der Waals surface area contributed by atoms with Gasteiger partial charge in [-0.1, -0.05) is 0 Å². The summed E-state index contributed by atoms with van der Waals surface area (Å²) >= 11 is 0. The lowest BCUT2D eigenvalue weighted by Crippen LogP contribution is -2.30. The Balaban J connectivity index is 1.89. The third-order valence-electron chi connectivity index (χ3n) is 3.81. The van der Waals surface area contributed by atoms with Crippen LogP contribution in [0.4, 0.5) is 5.69 Å². The van der Waals surface area contributed by atoms with Crippen LogP contribution in [-0.2, 0) is 0 Å². The molecule has 114 valence electrons. The number of phenolic OH excluding ortho intramolecular Hbond substituents is 1. The van der Waals surface area contributed by atoms with Crippen LogP contribution in [0.5, 0.6) is 5.75 Å². The molecule has 0 bridgehead atoms. The lowest BCUT2D eigenvalue weighted by molar-refractivity contribution is -0.384. The number of benzene rings is 1. The topological polar surface area (TPSA) is 96.8 Å². The van der Waals surface area contributed by atoms with E-state index in [0.717, 1.165) is 18.9 Å². The fourth-order valence-corrected chi connectivity index (χ4v) is 2.76. The summed E-state index contributed by atoms with van der Waals surface area (Å²) in [5.74, 6) is -0.0390. The van der Waals surface area contributed by atoms with Gasteiger partial charge < -0.3 is 14.4 Å². The Kier molecular flexibility index (Phi) is 3.54. The molecule has 1 N–H and O–H groups in total. The van der Waals surface area contributed by atoms with E-state index < -0.39 is 4.92 Å². The number of non-ortho nitro benzene ring substituents is 1.